The standard InChI is InChI=1S/C20H30N4O3S/c1-13-15-12-16(17(25)21-10-11-23(19(26)27)20(2,3)4)28-18(15)24(22-13)14-8-6-5-7-9-14/h12,14H,5-11H2,1-4H3,(H,21,25)(H,26,27). The molecule has 0 unspecified atom stereocenters. The molecular formula is C20H30N4O3S. The van der Waals surface area contributed by atoms with Crippen molar-refractivity contribution in [1.29, 1.82) is 0 Å². The van der Waals surface area contributed by atoms with Crippen molar-refractivity contribution in [3.05, 3.63) is 16.6 Å². The number of nitrogens with one attached hydrogen (secondary N) is 1. The second-order valence-corrected chi connectivity index (χ2v) is 9.54. The molecule has 1 fully saturated rings. The van der Waals surface area contributed by atoms with Crippen LogP contribution in [0.2, 0.25) is 0 Å². The van der Waals surface area contributed by atoms with Crippen molar-refractivity contribution in [3.8, 4) is 0 Å². The minimum Gasteiger partial charge on any atom is -0.465 e. The van der Waals surface area contributed by atoms with Gasteiger partial charge in [0.1, 0.15) is 4.83 Å². The Bertz CT molecular complexity index is 859. The van der Waals surface area contributed by atoms with E-state index in [9.17, 15) is 14.7 Å². The molecule has 0 radical (unpaired) electrons. The molecule has 1 aliphatic rings. The molecule has 8 heteroatoms. The maximum atomic E-state index is 12.6. The number of fused-ring (bicyclic) bond motifs is 1. The van der Waals surface area contributed by atoms with Gasteiger partial charge in [-0.05, 0) is 46.6 Å². The lowest BCUT2D eigenvalue weighted by Gasteiger charge is -2.33. The largest absolute Gasteiger partial charge is 0.465 e. The lowest BCUT2D eigenvalue weighted by Crippen LogP contribution is -2.48. The van der Waals surface area contributed by atoms with Gasteiger partial charge in [0, 0.05) is 24.0 Å². The van der Waals surface area contributed by atoms with Crippen LogP contribution in [0.15, 0.2) is 6.07 Å². The molecule has 28 heavy (non-hydrogen) atoms. The first-order chi connectivity index (χ1) is 13.2. The van der Waals surface area contributed by atoms with E-state index in [1.165, 1.54) is 35.5 Å². The van der Waals surface area contributed by atoms with Crippen molar-refractivity contribution < 1.29 is 14.7 Å². The third-order valence-corrected chi connectivity index (χ3v) is 6.50. The zero-order valence-electron chi connectivity index (χ0n) is 17.1. The van der Waals surface area contributed by atoms with Gasteiger partial charge in [0.15, 0.2) is 0 Å². The van der Waals surface area contributed by atoms with E-state index in [1.807, 2.05) is 33.8 Å². The Balaban J connectivity index is 1.69. The van der Waals surface area contributed by atoms with Crippen LogP contribution in [0.1, 0.15) is 74.3 Å². The fourth-order valence-corrected chi connectivity index (χ4v) is 4.99. The zero-order valence-corrected chi connectivity index (χ0v) is 17.9. The number of rotatable bonds is 5. The molecule has 3 rings (SSSR count). The Morgan fingerprint density at radius 1 is 1.32 bits per heavy atom. The molecule has 7 nitrogen and oxygen atoms in total. The Morgan fingerprint density at radius 3 is 2.61 bits per heavy atom. The predicted molar refractivity (Wildman–Crippen MR) is 111 cm³/mol. The second kappa shape index (κ2) is 8.11. The summed E-state index contributed by atoms with van der Waals surface area (Å²) in [6, 6.07) is 2.34. The zero-order chi connectivity index (χ0) is 20.5. The van der Waals surface area contributed by atoms with E-state index in [2.05, 4.69) is 10.00 Å². The van der Waals surface area contributed by atoms with Crippen molar-refractivity contribution >= 4 is 33.6 Å². The summed E-state index contributed by atoms with van der Waals surface area (Å²) in [7, 11) is 0. The van der Waals surface area contributed by atoms with Crippen LogP contribution in [-0.2, 0) is 0 Å². The third-order valence-electron chi connectivity index (χ3n) is 5.37. The van der Waals surface area contributed by atoms with E-state index in [0.29, 0.717) is 10.9 Å². The van der Waals surface area contributed by atoms with Crippen LogP contribution in [0.4, 0.5) is 4.79 Å². The topological polar surface area (TPSA) is 87.5 Å². The molecule has 2 heterocycles. The van der Waals surface area contributed by atoms with E-state index in [-0.39, 0.29) is 19.0 Å². The lowest BCUT2D eigenvalue weighted by atomic mass is 9.96. The number of hydrogen-bond donors (Lipinski definition) is 2. The van der Waals surface area contributed by atoms with Crippen molar-refractivity contribution in [2.45, 2.75) is 71.4 Å². The number of aromatic nitrogens is 2. The maximum absolute atomic E-state index is 12.6. The van der Waals surface area contributed by atoms with E-state index >= 15 is 0 Å². The Morgan fingerprint density at radius 2 is 2.00 bits per heavy atom. The highest BCUT2D eigenvalue weighted by Crippen LogP contribution is 2.35. The molecule has 2 aromatic rings. The molecule has 0 spiro atoms. The molecule has 1 saturated carbocycles. The minimum absolute atomic E-state index is 0.157. The highest BCUT2D eigenvalue weighted by atomic mass is 32.1. The minimum atomic E-state index is -0.980. The molecule has 0 aromatic carbocycles. The first-order valence-corrected chi connectivity index (χ1v) is 10.8. The Hall–Kier alpha value is -2.09. The average Bonchev–Trinajstić information content (AvgIpc) is 3.19. The molecule has 0 aliphatic heterocycles. The number of thiophene rings is 1. The van der Waals surface area contributed by atoms with E-state index in [4.69, 9.17) is 5.10 Å². The van der Waals surface area contributed by atoms with Crippen LogP contribution in [0.5, 0.6) is 0 Å². The molecule has 0 saturated heterocycles. The molecule has 2 aromatic heterocycles. The highest BCUT2D eigenvalue weighted by molar-refractivity contribution is 7.20. The molecule has 0 bridgehead atoms. The van der Waals surface area contributed by atoms with E-state index in [0.717, 1.165) is 28.8 Å². The van der Waals surface area contributed by atoms with E-state index < -0.39 is 11.6 Å². The smallest absolute Gasteiger partial charge is 0.407 e. The predicted octanol–water partition coefficient (Wildman–Crippen LogP) is 4.42. The summed E-state index contributed by atoms with van der Waals surface area (Å²) in [6.45, 7) is 8.05. The van der Waals surface area contributed by atoms with Gasteiger partial charge in [0.2, 0.25) is 0 Å². The van der Waals surface area contributed by atoms with Crippen LogP contribution >= 0.6 is 11.3 Å². The quantitative estimate of drug-likeness (QED) is 0.769. The van der Waals surface area contributed by atoms with Gasteiger partial charge in [-0.25, -0.2) is 4.79 Å². The SMILES string of the molecule is Cc1nn(C2CCCCC2)c2sc(C(=O)NCCN(C(=O)O)C(C)(C)C)cc12. The summed E-state index contributed by atoms with van der Waals surface area (Å²) in [5, 5.41) is 18.0. The first kappa shape index (κ1) is 20.6. The second-order valence-electron chi connectivity index (χ2n) is 8.51. The van der Waals surface area contributed by atoms with Crippen LogP contribution in [-0.4, -0.2) is 50.4 Å². The van der Waals surface area contributed by atoms with Crippen LogP contribution in [0.25, 0.3) is 10.2 Å². The van der Waals surface area contributed by atoms with Crippen LogP contribution in [0.3, 0.4) is 0 Å². The maximum Gasteiger partial charge on any atom is 0.407 e. The van der Waals surface area contributed by atoms with Crippen molar-refractivity contribution in [2.24, 2.45) is 0 Å². The molecule has 2 amide bonds. The number of aryl methyl sites for hydroxylation is 1. The molecular weight excluding hydrogens is 376 g/mol. The summed E-state index contributed by atoms with van der Waals surface area (Å²) in [4.78, 5) is 27.1. The molecule has 154 valence electrons. The summed E-state index contributed by atoms with van der Waals surface area (Å²) >= 11 is 1.48. The summed E-state index contributed by atoms with van der Waals surface area (Å²) in [6.07, 6.45) is 5.07. The lowest BCUT2D eigenvalue weighted by molar-refractivity contribution is 0.0895. The number of carboxylic acid groups (broad SMARTS) is 1. The Labute approximate surface area is 169 Å². The number of amides is 2. The first-order valence-electron chi connectivity index (χ1n) is 9.96. The van der Waals surface area contributed by atoms with Crippen molar-refractivity contribution in [1.82, 2.24) is 20.0 Å². The van der Waals surface area contributed by atoms with Gasteiger partial charge in [0.25, 0.3) is 5.91 Å². The fourth-order valence-electron chi connectivity index (χ4n) is 3.84. The third kappa shape index (κ3) is 4.32. The van der Waals surface area contributed by atoms with Gasteiger partial charge < -0.3 is 15.3 Å². The molecule has 1 aliphatic carbocycles. The van der Waals surface area contributed by atoms with E-state index in [1.54, 1.807) is 0 Å². The van der Waals surface area contributed by atoms with Gasteiger partial charge >= 0.3 is 6.09 Å². The average molecular weight is 407 g/mol. The highest BCUT2D eigenvalue weighted by Gasteiger charge is 2.26. The number of hydrogen-bond acceptors (Lipinski definition) is 4. The van der Waals surface area contributed by atoms with Gasteiger partial charge in [0.05, 0.1) is 16.6 Å². The number of carbonyl (C=O) groups excluding carboxylic acids is 1. The van der Waals surface area contributed by atoms with Crippen molar-refractivity contribution in [2.75, 3.05) is 13.1 Å². The summed E-state index contributed by atoms with van der Waals surface area (Å²) in [5.74, 6) is -0.157. The normalized spacial score (nSPS) is 15.7. The number of carbonyl (C=O) groups is 2. The summed E-state index contributed by atoms with van der Waals surface area (Å²) in [5.41, 5.74) is 0.454. The monoisotopic (exact) mass is 406 g/mol. The van der Waals surface area contributed by atoms with Gasteiger partial charge in [-0.15, -0.1) is 11.3 Å². The molecule has 0 atom stereocenters. The van der Waals surface area contributed by atoms with Gasteiger partial charge in [-0.1, -0.05) is 19.3 Å². The molecule has 2 N–H and O–H groups in total. The van der Waals surface area contributed by atoms with Crippen LogP contribution in [0, 0.1) is 6.92 Å². The fraction of sp³-hybridized carbons (Fsp3) is 0.650. The summed E-state index contributed by atoms with van der Waals surface area (Å²) < 4.78 is 2.12. The number of nitrogens with zero attached hydrogens (tertiary/aromatic N) is 3. The Kier molecular flexibility index (Phi) is 5.98. The van der Waals surface area contributed by atoms with Crippen molar-refractivity contribution in [3.63, 3.8) is 0 Å². The van der Waals surface area contributed by atoms with Crippen LogP contribution < -0.4 is 5.32 Å². The van der Waals surface area contributed by atoms with Gasteiger partial charge in [-0.2, -0.15) is 5.10 Å². The van der Waals surface area contributed by atoms with Gasteiger partial charge in [-0.3, -0.25) is 9.48 Å².